The third-order valence-corrected chi connectivity index (χ3v) is 7.29. The fourth-order valence-electron chi connectivity index (χ4n) is 4.75. The number of amides is 3. The van der Waals surface area contributed by atoms with Crippen LogP contribution in [0.1, 0.15) is 77.1 Å². The van der Waals surface area contributed by atoms with Crippen molar-refractivity contribution in [2.75, 3.05) is 5.32 Å². The molecule has 0 saturated heterocycles. The minimum absolute atomic E-state index is 0.0643. The molecule has 0 aromatic heterocycles. The second-order valence-electron chi connectivity index (χ2n) is 11.8. The second-order valence-corrected chi connectivity index (χ2v) is 11.8. The largest absolute Gasteiger partial charge is 0.508 e. The van der Waals surface area contributed by atoms with Gasteiger partial charge < -0.3 is 25.4 Å². The number of ether oxygens (including phenoxy) is 1. The first kappa shape index (κ1) is 30.0. The fourth-order valence-corrected chi connectivity index (χ4v) is 4.75. The number of alkyl carbamates (subject to hydrolysis) is 1. The second kappa shape index (κ2) is 12.1. The summed E-state index contributed by atoms with van der Waals surface area (Å²) in [6.45, 7) is 15.1. The maximum Gasteiger partial charge on any atom is 0.408 e. The molecule has 1 saturated carbocycles. The van der Waals surface area contributed by atoms with Gasteiger partial charge in [-0.1, -0.05) is 57.5 Å². The van der Waals surface area contributed by atoms with Crippen molar-refractivity contribution in [3.05, 3.63) is 59.2 Å². The highest BCUT2D eigenvalue weighted by Gasteiger charge is 2.49. The van der Waals surface area contributed by atoms with Crippen LogP contribution in [0.15, 0.2) is 42.5 Å². The quantitative estimate of drug-likeness (QED) is 0.371. The lowest BCUT2D eigenvalue weighted by Gasteiger charge is -2.36. The normalized spacial score (nSPS) is 18.9. The molecule has 8 nitrogen and oxygen atoms in total. The summed E-state index contributed by atoms with van der Waals surface area (Å²) >= 11 is 0. The van der Waals surface area contributed by atoms with Crippen molar-refractivity contribution in [1.82, 2.24) is 10.2 Å². The summed E-state index contributed by atoms with van der Waals surface area (Å²) in [7, 11) is 0. The lowest BCUT2D eigenvalue weighted by molar-refractivity contribution is -0.142. The number of phenolic OH excluding ortho intramolecular Hbond substituents is 1. The maximum absolute atomic E-state index is 14.4. The van der Waals surface area contributed by atoms with Crippen molar-refractivity contribution in [3.63, 3.8) is 0 Å². The molecule has 0 spiro atoms. The van der Waals surface area contributed by atoms with E-state index >= 15 is 0 Å². The van der Waals surface area contributed by atoms with E-state index in [1.54, 1.807) is 37.8 Å². The zero-order chi connectivity index (χ0) is 29.1. The Kier molecular flexibility index (Phi) is 9.30. The zero-order valence-corrected chi connectivity index (χ0v) is 24.4. The average Bonchev–Trinajstić information content (AvgIpc) is 3.57. The van der Waals surface area contributed by atoms with Crippen LogP contribution in [-0.2, 0) is 14.3 Å². The molecule has 5 atom stereocenters. The first-order valence-electron chi connectivity index (χ1n) is 13.7. The minimum Gasteiger partial charge on any atom is -0.508 e. The van der Waals surface area contributed by atoms with Crippen molar-refractivity contribution < 1.29 is 24.2 Å². The van der Waals surface area contributed by atoms with Gasteiger partial charge in [0.05, 0.1) is 0 Å². The molecule has 3 N–H and O–H groups in total. The van der Waals surface area contributed by atoms with Crippen LogP contribution in [0.3, 0.4) is 0 Å². The predicted molar refractivity (Wildman–Crippen MR) is 152 cm³/mol. The van der Waals surface area contributed by atoms with Crippen LogP contribution in [0.5, 0.6) is 5.75 Å². The smallest absolute Gasteiger partial charge is 0.408 e. The first-order valence-corrected chi connectivity index (χ1v) is 13.7. The third-order valence-electron chi connectivity index (χ3n) is 7.29. The van der Waals surface area contributed by atoms with Gasteiger partial charge in [-0.2, -0.15) is 0 Å². The monoisotopic (exact) mass is 537 g/mol. The number of aromatic hydroxyl groups is 1. The number of benzene rings is 2. The number of rotatable bonds is 9. The molecule has 0 radical (unpaired) electrons. The molecule has 212 valence electrons. The number of carbonyl (C=O) groups excluding carboxylic acids is 3. The van der Waals surface area contributed by atoms with Crippen LogP contribution < -0.4 is 10.6 Å². The molecule has 1 fully saturated rings. The molecule has 0 aliphatic heterocycles. The van der Waals surface area contributed by atoms with Crippen molar-refractivity contribution in [1.29, 1.82) is 0 Å². The molecule has 2 aromatic rings. The Labute approximate surface area is 232 Å². The summed E-state index contributed by atoms with van der Waals surface area (Å²) < 4.78 is 5.47. The number of para-hydroxylation sites is 1. The standard InChI is InChI=1S/C31H43N3O5/c1-9-18(2)26(33-30(38)39-31(6,7)8)29(37)34(24-17-21(24)5)27(22-13-15-23(35)16-14-22)28(36)32-25-19(3)11-10-12-20(25)4/h10-16,18,21,24,26-27,35H,9,17H2,1-8H3,(H,32,36)(H,33,38). The number of aryl methyl sites for hydroxylation is 2. The maximum atomic E-state index is 14.4. The van der Waals surface area contributed by atoms with E-state index in [1.807, 2.05) is 52.8 Å². The van der Waals surface area contributed by atoms with Gasteiger partial charge in [0.2, 0.25) is 5.91 Å². The van der Waals surface area contributed by atoms with Gasteiger partial charge in [-0.25, -0.2) is 4.79 Å². The van der Waals surface area contributed by atoms with Crippen molar-refractivity contribution in [3.8, 4) is 5.75 Å². The molecule has 39 heavy (non-hydrogen) atoms. The Bertz CT molecular complexity index is 1170. The van der Waals surface area contributed by atoms with E-state index in [2.05, 4.69) is 10.6 Å². The van der Waals surface area contributed by atoms with Gasteiger partial charge in [0.1, 0.15) is 23.4 Å². The minimum atomic E-state index is -0.973. The lowest BCUT2D eigenvalue weighted by atomic mass is 9.95. The Morgan fingerprint density at radius 2 is 1.64 bits per heavy atom. The van der Waals surface area contributed by atoms with E-state index in [0.717, 1.165) is 17.5 Å². The number of hydrogen-bond donors (Lipinski definition) is 3. The molecule has 2 aromatic carbocycles. The highest BCUT2D eigenvalue weighted by molar-refractivity contribution is 6.00. The first-order chi connectivity index (χ1) is 18.2. The number of hydrogen-bond acceptors (Lipinski definition) is 5. The fraction of sp³-hybridized carbons (Fsp3) is 0.516. The molecule has 0 bridgehead atoms. The molecule has 3 rings (SSSR count). The summed E-state index contributed by atoms with van der Waals surface area (Å²) in [5, 5.41) is 15.8. The Hall–Kier alpha value is -3.55. The average molecular weight is 538 g/mol. The molecule has 3 amide bonds. The molecule has 5 unspecified atom stereocenters. The van der Waals surface area contributed by atoms with Crippen molar-refractivity contribution >= 4 is 23.6 Å². The lowest BCUT2D eigenvalue weighted by Crippen LogP contribution is -2.55. The molecule has 8 heteroatoms. The topological polar surface area (TPSA) is 108 Å². The zero-order valence-electron chi connectivity index (χ0n) is 24.4. The molecule has 0 heterocycles. The van der Waals surface area contributed by atoms with Gasteiger partial charge in [0, 0.05) is 11.7 Å². The van der Waals surface area contributed by atoms with Gasteiger partial charge in [0.15, 0.2) is 0 Å². The number of anilines is 1. The number of nitrogens with one attached hydrogen (secondary N) is 2. The van der Waals surface area contributed by atoms with Gasteiger partial charge in [0.25, 0.3) is 5.91 Å². The number of carbonyl (C=O) groups is 3. The van der Waals surface area contributed by atoms with Crippen LogP contribution in [0.25, 0.3) is 0 Å². The highest BCUT2D eigenvalue weighted by Crippen LogP contribution is 2.42. The van der Waals surface area contributed by atoms with Crippen LogP contribution in [0.2, 0.25) is 0 Å². The summed E-state index contributed by atoms with van der Waals surface area (Å²) in [6.07, 6.45) is 0.709. The molecule has 1 aliphatic carbocycles. The van der Waals surface area contributed by atoms with E-state index in [-0.39, 0.29) is 35.4 Å². The van der Waals surface area contributed by atoms with Crippen LogP contribution in [0.4, 0.5) is 10.5 Å². The predicted octanol–water partition coefficient (Wildman–Crippen LogP) is 5.87. The summed E-state index contributed by atoms with van der Waals surface area (Å²) in [5.41, 5.74) is 2.37. The Balaban J connectivity index is 2.06. The molecular formula is C31H43N3O5. The third kappa shape index (κ3) is 7.52. The van der Waals surface area contributed by atoms with E-state index in [4.69, 9.17) is 4.74 Å². The van der Waals surface area contributed by atoms with Crippen LogP contribution in [-0.4, -0.2) is 45.6 Å². The molecular weight excluding hydrogens is 494 g/mol. The van der Waals surface area contributed by atoms with Crippen LogP contribution in [0, 0.1) is 25.7 Å². The summed E-state index contributed by atoms with van der Waals surface area (Å²) in [4.78, 5) is 42.9. The highest BCUT2D eigenvalue weighted by atomic mass is 16.6. The SMILES string of the molecule is CCC(C)C(NC(=O)OC(C)(C)C)C(=O)N(C(C(=O)Nc1c(C)cccc1C)c1ccc(O)cc1)C1CC1C. The van der Waals surface area contributed by atoms with Gasteiger partial charge in [-0.15, -0.1) is 0 Å². The number of phenols is 1. The Morgan fingerprint density at radius 3 is 2.13 bits per heavy atom. The number of nitrogens with zero attached hydrogens (tertiary/aromatic N) is 1. The van der Waals surface area contributed by atoms with E-state index in [0.29, 0.717) is 17.7 Å². The Morgan fingerprint density at radius 1 is 1.08 bits per heavy atom. The van der Waals surface area contributed by atoms with Gasteiger partial charge in [-0.05, 0) is 81.7 Å². The summed E-state index contributed by atoms with van der Waals surface area (Å²) in [6, 6.07) is 10.1. The van der Waals surface area contributed by atoms with E-state index in [9.17, 15) is 19.5 Å². The van der Waals surface area contributed by atoms with Gasteiger partial charge in [-0.3, -0.25) is 9.59 Å². The van der Waals surface area contributed by atoms with E-state index < -0.39 is 23.8 Å². The van der Waals surface area contributed by atoms with Gasteiger partial charge >= 0.3 is 6.09 Å². The van der Waals surface area contributed by atoms with E-state index in [1.165, 1.54) is 12.1 Å². The molecule has 1 aliphatic rings. The van der Waals surface area contributed by atoms with Crippen LogP contribution >= 0.6 is 0 Å². The summed E-state index contributed by atoms with van der Waals surface area (Å²) in [5.74, 6) is -0.635. The van der Waals surface area contributed by atoms with Crippen molar-refractivity contribution in [2.24, 2.45) is 11.8 Å². The van der Waals surface area contributed by atoms with Crippen molar-refractivity contribution in [2.45, 2.75) is 92.0 Å².